The van der Waals surface area contributed by atoms with E-state index in [1.165, 1.54) is 0 Å². The Morgan fingerprint density at radius 2 is 2.25 bits per heavy atom. The van der Waals surface area contributed by atoms with E-state index in [1.807, 2.05) is 6.26 Å². The molecule has 0 bridgehead atoms. The zero-order valence-electron chi connectivity index (χ0n) is 11.3. The largest absolute Gasteiger partial charge is 0.379 e. The lowest BCUT2D eigenvalue weighted by Gasteiger charge is -2.18. The number of nitro benzene ring substituents is 1. The minimum atomic E-state index is -0.381. The van der Waals surface area contributed by atoms with Gasteiger partial charge in [0.05, 0.1) is 4.92 Å². The van der Waals surface area contributed by atoms with Crippen LogP contribution in [0, 0.1) is 10.1 Å². The Balaban J connectivity index is 2.21. The number of aryl methyl sites for hydroxylation is 1. The van der Waals surface area contributed by atoms with Gasteiger partial charge < -0.3 is 10.6 Å². The second-order valence-corrected chi connectivity index (χ2v) is 5.59. The zero-order chi connectivity index (χ0) is 14.5. The highest BCUT2D eigenvalue weighted by atomic mass is 32.2. The summed E-state index contributed by atoms with van der Waals surface area (Å²) in [5.74, 6) is 0.960. The number of anilines is 2. The fourth-order valence-corrected chi connectivity index (χ4v) is 2.58. The number of carbonyl (C=O) groups excluding carboxylic acids is 1. The van der Waals surface area contributed by atoms with Gasteiger partial charge in [0.15, 0.2) is 0 Å². The number of hydrogen-bond donors (Lipinski definition) is 2. The molecule has 1 amide bonds. The van der Waals surface area contributed by atoms with Gasteiger partial charge in [-0.05, 0) is 36.5 Å². The SMILES string of the molecule is CSCCCNc1cc2c(cc1[N+](=O)[O-])CCC(=O)N2. The Kier molecular flexibility index (Phi) is 4.84. The molecule has 0 atom stereocenters. The van der Waals surface area contributed by atoms with E-state index in [2.05, 4.69) is 10.6 Å². The minimum absolute atomic E-state index is 0.0420. The quantitative estimate of drug-likeness (QED) is 0.479. The third kappa shape index (κ3) is 3.41. The molecule has 2 N–H and O–H groups in total. The molecule has 1 aromatic carbocycles. The molecule has 2 rings (SSSR count). The maximum atomic E-state index is 11.4. The summed E-state index contributed by atoms with van der Waals surface area (Å²) in [6, 6.07) is 3.23. The van der Waals surface area contributed by atoms with Crippen LogP contribution in [0.1, 0.15) is 18.4 Å². The van der Waals surface area contributed by atoms with Gasteiger partial charge in [-0.25, -0.2) is 0 Å². The van der Waals surface area contributed by atoms with E-state index in [-0.39, 0.29) is 16.5 Å². The molecule has 7 heteroatoms. The van der Waals surface area contributed by atoms with Crippen LogP contribution in [0.5, 0.6) is 0 Å². The van der Waals surface area contributed by atoms with Gasteiger partial charge in [0.25, 0.3) is 5.69 Å². The monoisotopic (exact) mass is 295 g/mol. The van der Waals surface area contributed by atoms with Crippen LogP contribution in [0.15, 0.2) is 12.1 Å². The van der Waals surface area contributed by atoms with Gasteiger partial charge in [0.2, 0.25) is 5.91 Å². The van der Waals surface area contributed by atoms with E-state index in [9.17, 15) is 14.9 Å². The van der Waals surface area contributed by atoms with Gasteiger partial charge in [-0.3, -0.25) is 14.9 Å². The van der Waals surface area contributed by atoms with Crippen molar-refractivity contribution in [1.29, 1.82) is 0 Å². The van der Waals surface area contributed by atoms with Gasteiger partial charge in [0.1, 0.15) is 5.69 Å². The van der Waals surface area contributed by atoms with Gasteiger partial charge in [-0.15, -0.1) is 0 Å². The first-order chi connectivity index (χ1) is 9.61. The maximum Gasteiger partial charge on any atom is 0.292 e. The molecule has 0 saturated heterocycles. The van der Waals surface area contributed by atoms with Crippen LogP contribution < -0.4 is 10.6 Å². The predicted octanol–water partition coefficient (Wildman–Crippen LogP) is 2.64. The molecule has 1 aromatic rings. The van der Waals surface area contributed by atoms with Crippen molar-refractivity contribution >= 4 is 34.7 Å². The molecule has 0 aliphatic carbocycles. The topological polar surface area (TPSA) is 84.3 Å². The van der Waals surface area contributed by atoms with Gasteiger partial charge in [-0.1, -0.05) is 0 Å². The highest BCUT2D eigenvalue weighted by Gasteiger charge is 2.22. The minimum Gasteiger partial charge on any atom is -0.379 e. The number of fused-ring (bicyclic) bond motifs is 1. The third-order valence-electron chi connectivity index (χ3n) is 3.15. The van der Waals surface area contributed by atoms with E-state index in [1.54, 1.807) is 23.9 Å². The van der Waals surface area contributed by atoms with Gasteiger partial charge in [0, 0.05) is 24.7 Å². The van der Waals surface area contributed by atoms with Crippen LogP contribution in [0.3, 0.4) is 0 Å². The summed E-state index contributed by atoms with van der Waals surface area (Å²) in [5.41, 5.74) is 2.05. The lowest BCUT2D eigenvalue weighted by molar-refractivity contribution is -0.384. The van der Waals surface area contributed by atoms with Crippen LogP contribution in [-0.4, -0.2) is 29.4 Å². The number of carbonyl (C=O) groups is 1. The molecule has 6 nitrogen and oxygen atoms in total. The fraction of sp³-hybridized carbons (Fsp3) is 0.462. The lowest BCUT2D eigenvalue weighted by atomic mass is 10.0. The number of nitrogens with zero attached hydrogens (tertiary/aromatic N) is 1. The molecule has 0 unspecified atom stereocenters. The van der Waals surface area contributed by atoms with Gasteiger partial charge in [-0.2, -0.15) is 11.8 Å². The third-order valence-corrected chi connectivity index (χ3v) is 3.85. The number of nitrogens with one attached hydrogen (secondary N) is 2. The Labute approximate surface area is 121 Å². The zero-order valence-corrected chi connectivity index (χ0v) is 12.1. The van der Waals surface area contributed by atoms with Crippen molar-refractivity contribution in [2.45, 2.75) is 19.3 Å². The number of nitro groups is 1. The molecule has 0 spiro atoms. The molecule has 1 aliphatic heterocycles. The Morgan fingerprint density at radius 3 is 2.95 bits per heavy atom. The number of hydrogen-bond acceptors (Lipinski definition) is 5. The van der Waals surface area contributed by atoms with Crippen molar-refractivity contribution < 1.29 is 9.72 Å². The molecule has 20 heavy (non-hydrogen) atoms. The first-order valence-corrected chi connectivity index (χ1v) is 7.85. The molecule has 108 valence electrons. The summed E-state index contributed by atoms with van der Waals surface area (Å²) in [6.45, 7) is 0.675. The Morgan fingerprint density at radius 1 is 1.45 bits per heavy atom. The molecule has 1 aliphatic rings. The lowest BCUT2D eigenvalue weighted by Crippen LogP contribution is -2.19. The van der Waals surface area contributed by atoms with Crippen molar-refractivity contribution in [2.24, 2.45) is 0 Å². The first-order valence-electron chi connectivity index (χ1n) is 6.46. The second kappa shape index (κ2) is 6.60. The van der Waals surface area contributed by atoms with Crippen molar-refractivity contribution in [1.82, 2.24) is 0 Å². The van der Waals surface area contributed by atoms with E-state index < -0.39 is 0 Å². The predicted molar refractivity (Wildman–Crippen MR) is 81.5 cm³/mol. The smallest absolute Gasteiger partial charge is 0.292 e. The number of benzene rings is 1. The number of thioether (sulfide) groups is 1. The fourth-order valence-electron chi connectivity index (χ4n) is 2.15. The Hall–Kier alpha value is -1.76. The molecule has 0 aromatic heterocycles. The van der Waals surface area contributed by atoms with Crippen molar-refractivity contribution in [2.75, 3.05) is 29.2 Å². The van der Waals surface area contributed by atoms with Crippen LogP contribution in [-0.2, 0) is 11.2 Å². The summed E-state index contributed by atoms with van der Waals surface area (Å²) >= 11 is 1.74. The summed E-state index contributed by atoms with van der Waals surface area (Å²) in [5, 5.41) is 17.0. The summed E-state index contributed by atoms with van der Waals surface area (Å²) in [6.07, 6.45) is 3.89. The molecule has 0 radical (unpaired) electrons. The van der Waals surface area contributed by atoms with Crippen LogP contribution in [0.4, 0.5) is 17.1 Å². The highest BCUT2D eigenvalue weighted by molar-refractivity contribution is 7.98. The van der Waals surface area contributed by atoms with Crippen molar-refractivity contribution in [3.05, 3.63) is 27.8 Å². The molecule has 1 heterocycles. The molecular weight excluding hydrogens is 278 g/mol. The van der Waals surface area contributed by atoms with Crippen LogP contribution >= 0.6 is 11.8 Å². The first kappa shape index (κ1) is 14.6. The normalized spacial score (nSPS) is 13.6. The highest BCUT2D eigenvalue weighted by Crippen LogP contribution is 2.34. The average Bonchev–Trinajstić information content (AvgIpc) is 2.42. The number of amides is 1. The summed E-state index contributed by atoms with van der Waals surface area (Å²) < 4.78 is 0. The number of rotatable bonds is 6. The summed E-state index contributed by atoms with van der Waals surface area (Å²) in [7, 11) is 0. The van der Waals surface area contributed by atoms with E-state index in [4.69, 9.17) is 0 Å². The standard InChI is InChI=1S/C13H17N3O3S/c1-20-6-2-5-14-11-8-10-9(3-4-13(17)15-10)7-12(11)16(18)19/h7-8,14H,2-6H2,1H3,(H,15,17). The van der Waals surface area contributed by atoms with E-state index >= 15 is 0 Å². The average molecular weight is 295 g/mol. The van der Waals surface area contributed by atoms with Crippen LogP contribution in [0.25, 0.3) is 0 Å². The van der Waals surface area contributed by atoms with Gasteiger partial charge >= 0.3 is 0 Å². The molecule has 0 fully saturated rings. The molecule has 0 saturated carbocycles. The van der Waals surface area contributed by atoms with Crippen LogP contribution in [0.2, 0.25) is 0 Å². The molecular formula is C13H17N3O3S. The van der Waals surface area contributed by atoms with Crippen molar-refractivity contribution in [3.63, 3.8) is 0 Å². The van der Waals surface area contributed by atoms with Crippen molar-refractivity contribution in [3.8, 4) is 0 Å². The van der Waals surface area contributed by atoms with E-state index in [0.717, 1.165) is 17.7 Å². The second-order valence-electron chi connectivity index (χ2n) is 4.60. The Bertz CT molecular complexity index is 534. The summed E-state index contributed by atoms with van der Waals surface area (Å²) in [4.78, 5) is 22.1. The van der Waals surface area contributed by atoms with E-state index in [0.29, 0.717) is 30.8 Å². The maximum absolute atomic E-state index is 11.4.